The molecule has 0 radical (unpaired) electrons. The van der Waals surface area contributed by atoms with E-state index in [0.717, 1.165) is 28.3 Å². The van der Waals surface area contributed by atoms with Gasteiger partial charge in [0.25, 0.3) is 0 Å². The van der Waals surface area contributed by atoms with Crippen LogP contribution in [0.25, 0.3) is 0 Å². The number of hydrogen-bond acceptors (Lipinski definition) is 3. The Hall–Kier alpha value is -2.70. The van der Waals surface area contributed by atoms with E-state index in [-0.39, 0.29) is 18.7 Å². The van der Waals surface area contributed by atoms with Gasteiger partial charge in [-0.15, -0.1) is 0 Å². The van der Waals surface area contributed by atoms with Crippen LogP contribution in [0.15, 0.2) is 42.5 Å². The molecule has 4 nitrogen and oxygen atoms in total. The molecule has 0 saturated carbocycles. The highest BCUT2D eigenvalue weighted by Gasteiger charge is 2.42. The average Bonchev–Trinajstić information content (AvgIpc) is 2.88. The Morgan fingerprint density at radius 3 is 2.20 bits per heavy atom. The number of carbonyl (C=O) groups excluding carboxylic acids is 1. The molecule has 1 N–H and O–H groups in total. The van der Waals surface area contributed by atoms with Gasteiger partial charge in [0.1, 0.15) is 0 Å². The molecule has 1 saturated heterocycles. The van der Waals surface area contributed by atoms with E-state index in [0.29, 0.717) is 13.1 Å². The second kappa shape index (κ2) is 7.22. The van der Waals surface area contributed by atoms with E-state index in [1.165, 1.54) is 0 Å². The highest BCUT2D eigenvalue weighted by Crippen LogP contribution is 2.42. The van der Waals surface area contributed by atoms with Crippen LogP contribution < -0.4 is 15.1 Å². The van der Waals surface area contributed by atoms with E-state index in [4.69, 9.17) is 0 Å². The fraction of sp³-hybridized carbons (Fsp3) is 0.435. The number of fused-ring (bicyclic) bond motifs is 1. The summed E-state index contributed by atoms with van der Waals surface area (Å²) in [6.07, 6.45) is -3.81. The van der Waals surface area contributed by atoms with Gasteiger partial charge in [-0.2, -0.15) is 13.2 Å². The topological polar surface area (TPSA) is 35.6 Å². The Kier molecular flexibility index (Phi) is 4.95. The fourth-order valence-electron chi connectivity index (χ4n) is 4.44. The third kappa shape index (κ3) is 3.61. The molecule has 160 valence electrons. The molecule has 2 aliphatic rings. The lowest BCUT2D eigenvalue weighted by molar-refractivity contribution is -0.179. The maximum atomic E-state index is 12.9. The monoisotopic (exact) mass is 417 g/mol. The van der Waals surface area contributed by atoms with Crippen molar-refractivity contribution in [2.75, 3.05) is 35.3 Å². The van der Waals surface area contributed by atoms with Gasteiger partial charge in [-0.3, -0.25) is 4.79 Å². The first kappa shape index (κ1) is 20.6. The van der Waals surface area contributed by atoms with Gasteiger partial charge in [-0.1, -0.05) is 0 Å². The van der Waals surface area contributed by atoms with Crippen LogP contribution >= 0.6 is 0 Å². The average molecular weight is 417 g/mol. The smallest absolute Gasteiger partial charge is 0.372 e. The quantitative estimate of drug-likeness (QED) is 0.720. The summed E-state index contributed by atoms with van der Waals surface area (Å²) >= 11 is 0. The predicted octanol–water partition coefficient (Wildman–Crippen LogP) is 5.46. The summed E-state index contributed by atoms with van der Waals surface area (Å²) in [6.45, 7) is 4.69. The van der Waals surface area contributed by atoms with Crippen molar-refractivity contribution in [2.45, 2.75) is 38.3 Å². The molecule has 0 atom stereocenters. The molecule has 0 aromatic heterocycles. The fourth-order valence-corrected chi connectivity index (χ4v) is 4.44. The summed E-state index contributed by atoms with van der Waals surface area (Å²) in [5.74, 6) is -1.11. The summed E-state index contributed by atoms with van der Waals surface area (Å²) in [4.78, 5) is 16.2. The van der Waals surface area contributed by atoms with E-state index in [1.54, 1.807) is 11.9 Å². The van der Waals surface area contributed by atoms with Crippen molar-refractivity contribution in [3.05, 3.63) is 48.0 Å². The van der Waals surface area contributed by atoms with Gasteiger partial charge in [0.05, 0.1) is 11.3 Å². The maximum absolute atomic E-state index is 12.9. The molecule has 1 amide bonds. The number of hydrogen-bond donors (Lipinski definition) is 1. The van der Waals surface area contributed by atoms with Crippen LogP contribution in [0.4, 0.5) is 35.9 Å². The molecule has 2 heterocycles. The molecule has 0 unspecified atom stereocenters. The lowest BCUT2D eigenvalue weighted by Crippen LogP contribution is -2.38. The molecule has 0 aliphatic carbocycles. The van der Waals surface area contributed by atoms with E-state index in [2.05, 4.69) is 5.32 Å². The summed E-state index contributed by atoms with van der Waals surface area (Å²) < 4.78 is 38.6. The van der Waals surface area contributed by atoms with Gasteiger partial charge >= 0.3 is 6.18 Å². The molecule has 2 aromatic rings. The van der Waals surface area contributed by atoms with E-state index >= 15 is 0 Å². The number of benzene rings is 2. The summed E-state index contributed by atoms with van der Waals surface area (Å²) in [6, 6.07) is 13.6. The third-order valence-corrected chi connectivity index (χ3v) is 6.35. The first-order valence-electron chi connectivity index (χ1n) is 10.2. The number of nitrogens with zero attached hydrogens (tertiary/aromatic N) is 2. The molecule has 0 spiro atoms. The molecule has 2 aromatic carbocycles. The SMILES string of the molecule is CN1C(=O)C(C)(C)c2cc(Nc3ccc(N4CCC(C(F)(F)F)CC4)cc3)ccc21. The van der Waals surface area contributed by atoms with Gasteiger partial charge in [0, 0.05) is 42.9 Å². The molecule has 4 rings (SSSR count). The Balaban J connectivity index is 1.44. The number of rotatable bonds is 3. The van der Waals surface area contributed by atoms with Crippen LogP contribution in [0.3, 0.4) is 0 Å². The second-order valence-corrected chi connectivity index (χ2v) is 8.70. The van der Waals surface area contributed by atoms with Crippen molar-refractivity contribution < 1.29 is 18.0 Å². The van der Waals surface area contributed by atoms with E-state index in [9.17, 15) is 18.0 Å². The van der Waals surface area contributed by atoms with Gasteiger partial charge in [-0.25, -0.2) is 0 Å². The lowest BCUT2D eigenvalue weighted by atomic mass is 9.86. The van der Waals surface area contributed by atoms with Crippen molar-refractivity contribution in [1.82, 2.24) is 0 Å². The maximum Gasteiger partial charge on any atom is 0.391 e. The third-order valence-electron chi connectivity index (χ3n) is 6.35. The molecular formula is C23H26F3N3O. The van der Waals surface area contributed by atoms with Gasteiger partial charge in [-0.05, 0) is 74.7 Å². The van der Waals surface area contributed by atoms with Crippen molar-refractivity contribution in [1.29, 1.82) is 0 Å². The molecule has 7 heteroatoms. The van der Waals surface area contributed by atoms with Gasteiger partial charge in [0.15, 0.2) is 0 Å². The Labute approximate surface area is 174 Å². The Bertz CT molecular complexity index is 945. The summed E-state index contributed by atoms with van der Waals surface area (Å²) in [5, 5.41) is 3.36. The van der Waals surface area contributed by atoms with Crippen LogP contribution in [0.2, 0.25) is 0 Å². The standard InChI is InChI=1S/C23H26F3N3O/c1-22(2)19-14-17(6-9-20(19)28(3)21(22)30)27-16-4-7-18(8-5-16)29-12-10-15(11-13-29)23(24,25)26/h4-9,14-15,27H,10-13H2,1-3H3. The number of anilines is 4. The number of nitrogens with one attached hydrogen (secondary N) is 1. The molecule has 30 heavy (non-hydrogen) atoms. The van der Waals surface area contributed by atoms with Gasteiger partial charge in [0.2, 0.25) is 5.91 Å². The molecule has 0 bridgehead atoms. The van der Waals surface area contributed by atoms with Crippen LogP contribution in [-0.4, -0.2) is 32.2 Å². The predicted molar refractivity (Wildman–Crippen MR) is 114 cm³/mol. The molecular weight excluding hydrogens is 391 g/mol. The first-order valence-corrected chi connectivity index (χ1v) is 10.2. The minimum Gasteiger partial charge on any atom is -0.372 e. The normalized spacial score (nSPS) is 19.2. The zero-order valence-corrected chi connectivity index (χ0v) is 17.4. The summed E-state index contributed by atoms with van der Waals surface area (Å²) in [5.41, 5.74) is 4.07. The largest absolute Gasteiger partial charge is 0.391 e. The van der Waals surface area contributed by atoms with Crippen LogP contribution in [0, 0.1) is 5.92 Å². The Morgan fingerprint density at radius 1 is 1.00 bits per heavy atom. The van der Waals surface area contributed by atoms with Crippen molar-refractivity contribution in [3.63, 3.8) is 0 Å². The Morgan fingerprint density at radius 2 is 1.60 bits per heavy atom. The number of amides is 1. The minimum atomic E-state index is -4.09. The number of halogens is 3. The zero-order valence-electron chi connectivity index (χ0n) is 17.4. The number of likely N-dealkylation sites (N-methyl/N-ethyl adjacent to an activating group) is 1. The van der Waals surface area contributed by atoms with Crippen molar-refractivity contribution >= 4 is 28.7 Å². The van der Waals surface area contributed by atoms with E-state index in [1.807, 2.05) is 61.2 Å². The number of carbonyl (C=O) groups is 1. The summed E-state index contributed by atoms with van der Waals surface area (Å²) in [7, 11) is 1.79. The lowest BCUT2D eigenvalue weighted by Gasteiger charge is -2.34. The zero-order chi connectivity index (χ0) is 21.7. The number of piperidine rings is 1. The second-order valence-electron chi connectivity index (χ2n) is 8.70. The molecule has 1 fully saturated rings. The highest BCUT2D eigenvalue weighted by atomic mass is 19.4. The van der Waals surface area contributed by atoms with Crippen LogP contribution in [-0.2, 0) is 10.2 Å². The van der Waals surface area contributed by atoms with Gasteiger partial charge < -0.3 is 15.1 Å². The minimum absolute atomic E-state index is 0.0771. The van der Waals surface area contributed by atoms with Crippen LogP contribution in [0.5, 0.6) is 0 Å². The highest BCUT2D eigenvalue weighted by molar-refractivity contribution is 6.07. The van der Waals surface area contributed by atoms with Crippen LogP contribution in [0.1, 0.15) is 32.3 Å². The molecule has 2 aliphatic heterocycles. The van der Waals surface area contributed by atoms with E-state index < -0.39 is 17.5 Å². The van der Waals surface area contributed by atoms with Crippen molar-refractivity contribution in [2.24, 2.45) is 5.92 Å². The van der Waals surface area contributed by atoms with Crippen molar-refractivity contribution in [3.8, 4) is 0 Å². The number of alkyl halides is 3. The first-order chi connectivity index (χ1) is 14.1.